The van der Waals surface area contributed by atoms with E-state index in [1.165, 1.54) is 44.1 Å². The number of hydrogen-bond acceptors (Lipinski definition) is 2. The van der Waals surface area contributed by atoms with Crippen molar-refractivity contribution >= 4 is 5.91 Å². The summed E-state index contributed by atoms with van der Waals surface area (Å²) in [6, 6.07) is 11.4. The Labute approximate surface area is 176 Å². The van der Waals surface area contributed by atoms with Crippen molar-refractivity contribution in [3.05, 3.63) is 35.9 Å². The number of benzene rings is 1. The van der Waals surface area contributed by atoms with Gasteiger partial charge in [-0.25, -0.2) is 0 Å². The zero-order valence-electron chi connectivity index (χ0n) is 18.5. The van der Waals surface area contributed by atoms with Crippen molar-refractivity contribution in [1.29, 1.82) is 0 Å². The largest absolute Gasteiger partial charge is 0.342 e. The molecule has 6 rings (SSSR count). The van der Waals surface area contributed by atoms with E-state index in [1.54, 1.807) is 0 Å². The molecule has 4 bridgehead atoms. The SMILES string of the molecule is CCC12CC3CC(c4ccccc4)(CC(C1)C3C(=O)N1CC[C@H](N)C(C)(C)C1)C2. The molecule has 3 heteroatoms. The second kappa shape index (κ2) is 6.57. The molecule has 4 saturated carbocycles. The van der Waals surface area contributed by atoms with E-state index in [0.29, 0.717) is 28.6 Å². The Morgan fingerprint density at radius 3 is 2.34 bits per heavy atom. The van der Waals surface area contributed by atoms with Crippen molar-refractivity contribution in [3.63, 3.8) is 0 Å². The molecule has 2 N–H and O–H groups in total. The lowest BCUT2D eigenvalue weighted by molar-refractivity contribution is -0.163. The van der Waals surface area contributed by atoms with Gasteiger partial charge >= 0.3 is 0 Å². The number of carbonyl (C=O) groups is 1. The molecular weight excluding hydrogens is 356 g/mol. The quantitative estimate of drug-likeness (QED) is 0.804. The van der Waals surface area contributed by atoms with Crippen molar-refractivity contribution in [2.75, 3.05) is 13.1 Å². The highest BCUT2D eigenvalue weighted by Crippen LogP contribution is 2.68. The Morgan fingerprint density at radius 1 is 1.10 bits per heavy atom. The number of nitrogens with two attached hydrogens (primary N) is 1. The van der Waals surface area contributed by atoms with Crippen molar-refractivity contribution in [1.82, 2.24) is 4.90 Å². The van der Waals surface area contributed by atoms with E-state index in [4.69, 9.17) is 5.73 Å². The molecule has 29 heavy (non-hydrogen) atoms. The number of nitrogens with zero attached hydrogens (tertiary/aromatic N) is 1. The maximum Gasteiger partial charge on any atom is 0.226 e. The molecule has 0 spiro atoms. The molecule has 158 valence electrons. The summed E-state index contributed by atoms with van der Waals surface area (Å²) in [4.78, 5) is 16.0. The van der Waals surface area contributed by atoms with Crippen LogP contribution in [0.15, 0.2) is 30.3 Å². The number of likely N-dealkylation sites (tertiary alicyclic amines) is 1. The smallest absolute Gasteiger partial charge is 0.226 e. The zero-order chi connectivity index (χ0) is 20.4. The molecule has 5 fully saturated rings. The van der Waals surface area contributed by atoms with Gasteiger partial charge < -0.3 is 10.6 Å². The summed E-state index contributed by atoms with van der Waals surface area (Å²) in [5, 5.41) is 0. The molecule has 1 heterocycles. The number of carbonyl (C=O) groups excluding carboxylic acids is 1. The second-order valence-electron chi connectivity index (χ2n) is 11.7. The summed E-state index contributed by atoms with van der Waals surface area (Å²) < 4.78 is 0. The van der Waals surface area contributed by atoms with Gasteiger partial charge in [-0.3, -0.25) is 4.79 Å². The van der Waals surface area contributed by atoms with Gasteiger partial charge in [-0.1, -0.05) is 57.5 Å². The first-order valence-electron chi connectivity index (χ1n) is 11.9. The number of amides is 1. The van der Waals surface area contributed by atoms with Crippen molar-refractivity contribution in [2.24, 2.45) is 34.3 Å². The average molecular weight is 395 g/mol. The Morgan fingerprint density at radius 2 is 1.76 bits per heavy atom. The van der Waals surface area contributed by atoms with Gasteiger partial charge in [-0.2, -0.15) is 0 Å². The molecule has 0 radical (unpaired) electrons. The molecule has 1 aromatic rings. The Kier molecular flexibility index (Phi) is 4.44. The van der Waals surface area contributed by atoms with Crippen LogP contribution in [0.3, 0.4) is 0 Å². The summed E-state index contributed by atoms with van der Waals surface area (Å²) in [6.07, 6.45) is 8.49. The van der Waals surface area contributed by atoms with E-state index in [2.05, 4.69) is 56.0 Å². The third-order valence-corrected chi connectivity index (χ3v) is 9.47. The fourth-order valence-electron chi connectivity index (χ4n) is 8.05. The Bertz CT molecular complexity index is 769. The highest BCUT2D eigenvalue weighted by atomic mass is 16.2. The average Bonchev–Trinajstić information content (AvgIpc) is 2.70. The first kappa shape index (κ1) is 19.6. The topological polar surface area (TPSA) is 46.3 Å². The van der Waals surface area contributed by atoms with Gasteiger partial charge in [0.2, 0.25) is 5.91 Å². The van der Waals surface area contributed by atoms with E-state index in [1.807, 2.05) is 0 Å². The zero-order valence-corrected chi connectivity index (χ0v) is 18.5. The minimum Gasteiger partial charge on any atom is -0.342 e. The van der Waals surface area contributed by atoms with Gasteiger partial charge in [-0.15, -0.1) is 0 Å². The van der Waals surface area contributed by atoms with Gasteiger partial charge in [0.05, 0.1) is 0 Å². The molecule has 2 unspecified atom stereocenters. The molecule has 1 aromatic carbocycles. The van der Waals surface area contributed by atoms with E-state index in [-0.39, 0.29) is 17.4 Å². The van der Waals surface area contributed by atoms with Crippen LogP contribution in [-0.2, 0) is 10.2 Å². The lowest BCUT2D eigenvalue weighted by atomic mass is 9.39. The van der Waals surface area contributed by atoms with Crippen LogP contribution in [0.4, 0.5) is 0 Å². The minimum absolute atomic E-state index is 0.0235. The molecule has 3 nitrogen and oxygen atoms in total. The van der Waals surface area contributed by atoms with Crippen LogP contribution in [0.5, 0.6) is 0 Å². The van der Waals surface area contributed by atoms with Crippen molar-refractivity contribution in [3.8, 4) is 0 Å². The van der Waals surface area contributed by atoms with Crippen LogP contribution in [-0.4, -0.2) is 29.9 Å². The monoisotopic (exact) mass is 394 g/mol. The lowest BCUT2D eigenvalue weighted by Gasteiger charge is -2.65. The van der Waals surface area contributed by atoms with Crippen molar-refractivity contribution in [2.45, 2.75) is 77.2 Å². The molecule has 5 aliphatic rings. The predicted molar refractivity (Wildman–Crippen MR) is 117 cm³/mol. The predicted octanol–water partition coefficient (Wildman–Crippen LogP) is 4.75. The molecule has 3 atom stereocenters. The van der Waals surface area contributed by atoms with E-state index in [9.17, 15) is 4.79 Å². The van der Waals surface area contributed by atoms with E-state index < -0.39 is 0 Å². The molecule has 0 aromatic heterocycles. The van der Waals surface area contributed by atoms with E-state index in [0.717, 1.165) is 19.5 Å². The fourth-order valence-corrected chi connectivity index (χ4v) is 8.05. The number of hydrogen-bond donors (Lipinski definition) is 1. The standard InChI is InChI=1S/C26H38N2O/c1-4-25-12-18-14-26(16-25,20-8-6-5-7-9-20)15-19(13-25)22(18)23(29)28-11-10-21(27)24(2,3)17-28/h5-9,18-19,21-22H,4,10-17,27H2,1-3H3/t18?,19?,21-,22?,25?,26?/m0/s1. The van der Waals surface area contributed by atoms with Crippen LogP contribution in [0.25, 0.3) is 0 Å². The Hall–Kier alpha value is -1.35. The first-order valence-corrected chi connectivity index (χ1v) is 11.9. The normalized spacial score (nSPS) is 42.8. The van der Waals surface area contributed by atoms with Gasteiger partial charge in [0.25, 0.3) is 0 Å². The summed E-state index contributed by atoms with van der Waals surface area (Å²) in [5.74, 6) is 1.82. The highest BCUT2D eigenvalue weighted by molar-refractivity contribution is 5.80. The maximum absolute atomic E-state index is 13.8. The third-order valence-electron chi connectivity index (χ3n) is 9.47. The third kappa shape index (κ3) is 2.99. The number of rotatable bonds is 3. The van der Waals surface area contributed by atoms with Gasteiger partial charge in [0, 0.05) is 25.0 Å². The molecule has 1 aliphatic heterocycles. The van der Waals surface area contributed by atoms with Crippen LogP contribution >= 0.6 is 0 Å². The summed E-state index contributed by atoms with van der Waals surface area (Å²) >= 11 is 0. The van der Waals surface area contributed by atoms with Crippen LogP contribution in [0, 0.1) is 28.6 Å². The van der Waals surface area contributed by atoms with Gasteiger partial charge in [-0.05, 0) is 72.2 Å². The van der Waals surface area contributed by atoms with Crippen LogP contribution < -0.4 is 5.73 Å². The summed E-state index contributed by atoms with van der Waals surface area (Å²) in [7, 11) is 0. The maximum atomic E-state index is 13.8. The van der Waals surface area contributed by atoms with Crippen LogP contribution in [0.1, 0.15) is 71.3 Å². The minimum atomic E-state index is 0.0235. The first-order chi connectivity index (χ1) is 13.8. The molecule has 1 amide bonds. The summed E-state index contributed by atoms with van der Waals surface area (Å²) in [6.45, 7) is 8.51. The molecule has 1 saturated heterocycles. The fraction of sp³-hybridized carbons (Fsp3) is 0.731. The van der Waals surface area contributed by atoms with Gasteiger partial charge in [0.1, 0.15) is 0 Å². The number of piperidine rings is 1. The summed E-state index contributed by atoms with van der Waals surface area (Å²) in [5.41, 5.74) is 8.67. The highest BCUT2D eigenvalue weighted by Gasteiger charge is 2.62. The molecule has 4 aliphatic carbocycles. The van der Waals surface area contributed by atoms with Gasteiger partial charge in [0.15, 0.2) is 0 Å². The van der Waals surface area contributed by atoms with E-state index >= 15 is 0 Å². The Balaban J connectivity index is 1.44. The second-order valence-corrected chi connectivity index (χ2v) is 11.7. The molecular formula is C26H38N2O. The van der Waals surface area contributed by atoms with Crippen molar-refractivity contribution < 1.29 is 4.79 Å². The lowest BCUT2D eigenvalue weighted by Crippen LogP contribution is -2.62. The van der Waals surface area contributed by atoms with Crippen LogP contribution in [0.2, 0.25) is 0 Å².